The number of pyridine rings is 1. The van der Waals surface area contributed by atoms with E-state index in [1.54, 1.807) is 54.3 Å². The van der Waals surface area contributed by atoms with Crippen LogP contribution >= 0.6 is 22.9 Å². The molecule has 0 saturated carbocycles. The van der Waals surface area contributed by atoms with Gasteiger partial charge in [-0.1, -0.05) is 22.9 Å². The van der Waals surface area contributed by atoms with Gasteiger partial charge in [-0.15, -0.1) is 16.4 Å². The molecular weight excluding hydrogens is 528 g/mol. The average Bonchev–Trinajstić information content (AvgIpc) is 3.57. The second kappa shape index (κ2) is 11.2. The highest BCUT2D eigenvalue weighted by molar-refractivity contribution is 7.18. The number of nitrogens with one attached hydrogen (secondary N) is 1. The van der Waals surface area contributed by atoms with Crippen LogP contribution in [-0.2, 0) is 11.3 Å². The summed E-state index contributed by atoms with van der Waals surface area (Å²) in [6.07, 6.45) is 4.69. The molecule has 5 rings (SSSR count). The monoisotopic (exact) mass is 552 g/mol. The zero-order valence-electron chi connectivity index (χ0n) is 20.5. The number of ether oxygens (including phenoxy) is 1. The van der Waals surface area contributed by atoms with Crippen molar-refractivity contribution in [2.45, 2.75) is 32.4 Å². The van der Waals surface area contributed by atoms with Crippen LogP contribution in [0.2, 0.25) is 4.34 Å². The van der Waals surface area contributed by atoms with Crippen molar-refractivity contribution in [3.63, 3.8) is 0 Å². The van der Waals surface area contributed by atoms with Crippen molar-refractivity contribution in [3.05, 3.63) is 86.2 Å². The number of nitrogens with zero attached hydrogens (tertiary/aromatic N) is 5. The molecule has 1 N–H and O–H groups in total. The minimum Gasteiger partial charge on any atom is -0.488 e. The van der Waals surface area contributed by atoms with Crippen LogP contribution in [0.15, 0.2) is 65.7 Å². The average molecular weight is 553 g/mol. The first-order chi connectivity index (χ1) is 18.4. The lowest BCUT2D eigenvalue weighted by atomic mass is 10.1. The van der Waals surface area contributed by atoms with Crippen LogP contribution in [0.4, 0.5) is 0 Å². The standard InChI is InChI=1S/C26H25ClN6O4S/c1-17(34)31-12-9-20(10-13-31)37-22-14-19(32-11-3-2-4-25(32)35)5-6-21(22)33-16-18(29-30-33)15-28-26(36)23-7-8-24(27)38-23/h2-8,11,14,16,20H,9-10,12-13,15H2,1H3,(H,28,36). The van der Waals surface area contributed by atoms with E-state index in [1.807, 2.05) is 17.0 Å². The van der Waals surface area contributed by atoms with E-state index in [2.05, 4.69) is 15.6 Å². The number of aromatic nitrogens is 4. The Labute approximate surface area is 227 Å². The molecule has 2 amide bonds. The first kappa shape index (κ1) is 25.7. The highest BCUT2D eigenvalue weighted by Crippen LogP contribution is 2.29. The summed E-state index contributed by atoms with van der Waals surface area (Å²) in [7, 11) is 0. The molecule has 4 heterocycles. The van der Waals surface area contributed by atoms with Crippen molar-refractivity contribution in [1.29, 1.82) is 0 Å². The van der Waals surface area contributed by atoms with Crippen molar-refractivity contribution in [2.75, 3.05) is 13.1 Å². The minimum atomic E-state index is -0.241. The Morgan fingerprint density at radius 2 is 1.97 bits per heavy atom. The van der Waals surface area contributed by atoms with E-state index in [0.29, 0.717) is 58.0 Å². The van der Waals surface area contributed by atoms with Crippen molar-refractivity contribution in [3.8, 4) is 17.1 Å². The normalized spacial score (nSPS) is 13.9. The van der Waals surface area contributed by atoms with Crippen molar-refractivity contribution < 1.29 is 14.3 Å². The lowest BCUT2D eigenvalue weighted by Gasteiger charge is -2.32. The first-order valence-electron chi connectivity index (χ1n) is 12.1. The predicted octanol–water partition coefficient (Wildman–Crippen LogP) is 3.45. The van der Waals surface area contributed by atoms with Crippen LogP contribution in [0, 0.1) is 0 Å². The van der Waals surface area contributed by atoms with E-state index in [0.717, 1.165) is 0 Å². The van der Waals surface area contributed by atoms with Crippen molar-refractivity contribution in [1.82, 2.24) is 29.8 Å². The summed E-state index contributed by atoms with van der Waals surface area (Å²) in [6, 6.07) is 13.8. The largest absolute Gasteiger partial charge is 0.488 e. The highest BCUT2D eigenvalue weighted by Gasteiger charge is 2.23. The molecule has 0 bridgehead atoms. The SMILES string of the molecule is CC(=O)N1CCC(Oc2cc(-n3ccccc3=O)ccc2-n2cc(CNC(=O)c3ccc(Cl)s3)nn2)CC1. The maximum absolute atomic E-state index is 12.4. The molecule has 0 atom stereocenters. The van der Waals surface area contributed by atoms with Crippen LogP contribution in [0.3, 0.4) is 0 Å². The summed E-state index contributed by atoms with van der Waals surface area (Å²) in [5, 5.41) is 11.3. The molecule has 0 spiro atoms. The molecule has 1 aromatic carbocycles. The molecule has 12 heteroatoms. The summed E-state index contributed by atoms with van der Waals surface area (Å²) in [4.78, 5) is 38.8. The third-order valence-electron chi connectivity index (χ3n) is 6.24. The first-order valence-corrected chi connectivity index (χ1v) is 13.3. The second-order valence-electron chi connectivity index (χ2n) is 8.83. The number of piperidine rings is 1. The molecule has 196 valence electrons. The van der Waals surface area contributed by atoms with Crippen molar-refractivity contribution >= 4 is 34.8 Å². The molecule has 4 aromatic rings. The number of carbonyl (C=O) groups excluding carboxylic acids is 2. The molecule has 1 saturated heterocycles. The number of hydrogen-bond donors (Lipinski definition) is 1. The van der Waals surface area contributed by atoms with Crippen LogP contribution in [-0.4, -0.2) is 55.5 Å². The quantitative estimate of drug-likeness (QED) is 0.376. The van der Waals surface area contributed by atoms with Gasteiger partial charge in [-0.25, -0.2) is 4.68 Å². The zero-order valence-corrected chi connectivity index (χ0v) is 22.1. The smallest absolute Gasteiger partial charge is 0.261 e. The number of halogens is 1. The molecular formula is C26H25ClN6O4S. The highest BCUT2D eigenvalue weighted by atomic mass is 35.5. The topological polar surface area (TPSA) is 111 Å². The third-order valence-corrected chi connectivity index (χ3v) is 7.47. The Morgan fingerprint density at radius 3 is 2.68 bits per heavy atom. The van der Waals surface area contributed by atoms with Gasteiger partial charge >= 0.3 is 0 Å². The van der Waals surface area contributed by atoms with E-state index >= 15 is 0 Å². The van der Waals surface area contributed by atoms with Gasteiger partial charge in [0, 0.05) is 51.2 Å². The Balaban J connectivity index is 1.38. The molecule has 0 radical (unpaired) electrons. The van der Waals surface area contributed by atoms with Gasteiger partial charge in [0.05, 0.1) is 27.6 Å². The summed E-state index contributed by atoms with van der Waals surface area (Å²) < 4.78 is 10.1. The maximum Gasteiger partial charge on any atom is 0.261 e. The zero-order chi connectivity index (χ0) is 26.6. The molecule has 3 aromatic heterocycles. The number of hydrogen-bond acceptors (Lipinski definition) is 7. The summed E-state index contributed by atoms with van der Waals surface area (Å²) in [5.41, 5.74) is 1.69. The van der Waals surface area contributed by atoms with Gasteiger partial charge in [-0.2, -0.15) is 0 Å². The van der Waals surface area contributed by atoms with Gasteiger partial charge in [-0.05, 0) is 30.3 Å². The van der Waals surface area contributed by atoms with E-state index in [4.69, 9.17) is 16.3 Å². The van der Waals surface area contributed by atoms with Crippen LogP contribution in [0.5, 0.6) is 5.75 Å². The van der Waals surface area contributed by atoms with Gasteiger partial charge in [0.25, 0.3) is 11.5 Å². The van der Waals surface area contributed by atoms with E-state index < -0.39 is 0 Å². The Hall–Kier alpha value is -3.96. The number of amides is 2. The lowest BCUT2D eigenvalue weighted by Crippen LogP contribution is -2.40. The Bertz CT molecular complexity index is 1520. The van der Waals surface area contributed by atoms with Gasteiger partial charge in [0.15, 0.2) is 0 Å². The molecule has 1 aliphatic rings. The Kier molecular flexibility index (Phi) is 7.57. The number of benzene rings is 1. The third kappa shape index (κ3) is 5.79. The molecule has 1 aliphatic heterocycles. The number of carbonyl (C=O) groups is 2. The summed E-state index contributed by atoms with van der Waals surface area (Å²) >= 11 is 7.13. The van der Waals surface area contributed by atoms with E-state index in [9.17, 15) is 14.4 Å². The predicted molar refractivity (Wildman–Crippen MR) is 143 cm³/mol. The minimum absolute atomic E-state index is 0.0546. The molecule has 1 fully saturated rings. The lowest BCUT2D eigenvalue weighted by molar-refractivity contribution is -0.130. The fourth-order valence-electron chi connectivity index (χ4n) is 4.24. The van der Waals surface area contributed by atoms with Gasteiger partial charge in [-0.3, -0.25) is 19.0 Å². The van der Waals surface area contributed by atoms with Gasteiger partial charge < -0.3 is 15.0 Å². The van der Waals surface area contributed by atoms with Gasteiger partial charge in [0.2, 0.25) is 5.91 Å². The molecule has 0 aliphatic carbocycles. The van der Waals surface area contributed by atoms with Gasteiger partial charge in [0.1, 0.15) is 23.2 Å². The van der Waals surface area contributed by atoms with Crippen LogP contribution in [0.1, 0.15) is 35.1 Å². The van der Waals surface area contributed by atoms with E-state index in [1.165, 1.54) is 22.0 Å². The number of likely N-dealkylation sites (tertiary alicyclic amines) is 1. The van der Waals surface area contributed by atoms with Crippen LogP contribution in [0.25, 0.3) is 11.4 Å². The fraction of sp³-hybridized carbons (Fsp3) is 0.269. The molecule has 10 nitrogen and oxygen atoms in total. The summed E-state index contributed by atoms with van der Waals surface area (Å²) in [6.45, 7) is 3.00. The molecule has 0 unspecified atom stereocenters. The Morgan fingerprint density at radius 1 is 1.16 bits per heavy atom. The van der Waals surface area contributed by atoms with E-state index in [-0.39, 0.29) is 30.0 Å². The second-order valence-corrected chi connectivity index (χ2v) is 10.5. The number of thiophene rings is 1. The summed E-state index contributed by atoms with van der Waals surface area (Å²) in [5.74, 6) is 0.349. The molecule has 38 heavy (non-hydrogen) atoms. The maximum atomic E-state index is 12.4. The number of rotatable bonds is 7. The van der Waals surface area contributed by atoms with Crippen LogP contribution < -0.4 is 15.6 Å². The van der Waals surface area contributed by atoms with Crippen molar-refractivity contribution in [2.24, 2.45) is 0 Å². The fourth-order valence-corrected chi connectivity index (χ4v) is 5.20.